The van der Waals surface area contributed by atoms with E-state index in [-0.39, 0.29) is 17.9 Å². The molecule has 0 unspecified atom stereocenters. The van der Waals surface area contributed by atoms with Crippen LogP contribution in [0.25, 0.3) is 0 Å². The van der Waals surface area contributed by atoms with Crippen LogP contribution in [0.2, 0.25) is 0 Å². The highest BCUT2D eigenvalue weighted by Crippen LogP contribution is 2.60. The third-order valence-electron chi connectivity index (χ3n) is 10.5. The highest BCUT2D eigenvalue weighted by atomic mass is 79.9. The predicted molar refractivity (Wildman–Crippen MR) is 190 cm³/mol. The van der Waals surface area contributed by atoms with E-state index in [1.165, 1.54) is 48.4 Å². The van der Waals surface area contributed by atoms with Gasteiger partial charge in [-0.25, -0.2) is 8.42 Å². The van der Waals surface area contributed by atoms with Crippen LogP contribution < -0.4 is 9.62 Å². The molecule has 3 aromatic rings. The molecular formula is C38H46BrN3O4S. The fraction of sp³-hybridized carbons (Fsp3) is 0.474. The van der Waals surface area contributed by atoms with Crippen molar-refractivity contribution in [2.45, 2.75) is 76.3 Å². The van der Waals surface area contributed by atoms with Gasteiger partial charge in [-0.3, -0.25) is 13.9 Å². The van der Waals surface area contributed by atoms with Crippen LogP contribution in [0.1, 0.15) is 68.6 Å². The molecule has 0 radical (unpaired) electrons. The summed E-state index contributed by atoms with van der Waals surface area (Å²) in [5.41, 5.74) is 3.70. The number of nitrogens with zero attached hydrogens (tertiary/aromatic N) is 2. The molecule has 4 aliphatic carbocycles. The standard InChI is InChI=1S/C38H46BrN3O4S/c1-3-16-40-37(44)35(21-27-8-5-4-6-9-27)41(25-28-10-7-11-33(39)20-28)36(43)26-42(47(2,45)46)34-14-12-32(13-15-34)38-22-29-17-30(23-38)19-31(18-29)24-38/h4-15,20,29-31,35H,3,16-19,21-26H2,1-2H3,(H,40,44)/t29?,30?,31?,35-,38?/m0/s1. The van der Waals surface area contributed by atoms with Crippen molar-refractivity contribution in [1.82, 2.24) is 10.2 Å². The van der Waals surface area contributed by atoms with Gasteiger partial charge >= 0.3 is 0 Å². The van der Waals surface area contributed by atoms with Crippen molar-refractivity contribution in [1.29, 1.82) is 0 Å². The first kappa shape index (κ1) is 33.7. The normalized spacial score (nSPS) is 23.7. The minimum atomic E-state index is -3.83. The van der Waals surface area contributed by atoms with E-state index in [1.807, 2.05) is 73.7 Å². The van der Waals surface area contributed by atoms with E-state index in [0.29, 0.717) is 18.7 Å². The van der Waals surface area contributed by atoms with Crippen molar-refractivity contribution in [3.8, 4) is 0 Å². The molecule has 7 rings (SSSR count). The fourth-order valence-corrected chi connectivity index (χ4v) is 10.1. The molecule has 1 N–H and O–H groups in total. The zero-order valence-electron chi connectivity index (χ0n) is 27.4. The number of nitrogens with one attached hydrogen (secondary N) is 1. The van der Waals surface area contributed by atoms with Crippen LogP contribution >= 0.6 is 15.9 Å². The number of anilines is 1. The van der Waals surface area contributed by atoms with Crippen molar-refractivity contribution in [3.05, 3.63) is 100 Å². The fourth-order valence-electron chi connectivity index (χ4n) is 8.81. The molecule has 4 fully saturated rings. The van der Waals surface area contributed by atoms with Crippen molar-refractivity contribution < 1.29 is 18.0 Å². The first-order chi connectivity index (χ1) is 22.5. The first-order valence-electron chi connectivity index (χ1n) is 17.0. The average Bonchev–Trinajstić information content (AvgIpc) is 3.03. The number of benzene rings is 3. The van der Waals surface area contributed by atoms with E-state index < -0.39 is 28.5 Å². The summed E-state index contributed by atoms with van der Waals surface area (Å²) in [6.07, 6.45) is 9.94. The third kappa shape index (κ3) is 7.78. The lowest BCUT2D eigenvalue weighted by molar-refractivity contribution is -0.140. The van der Waals surface area contributed by atoms with Crippen molar-refractivity contribution in [3.63, 3.8) is 0 Å². The van der Waals surface area contributed by atoms with E-state index in [1.54, 1.807) is 4.90 Å². The number of hydrogen-bond donors (Lipinski definition) is 1. The summed E-state index contributed by atoms with van der Waals surface area (Å²) >= 11 is 3.53. The highest BCUT2D eigenvalue weighted by molar-refractivity contribution is 9.10. The van der Waals surface area contributed by atoms with Crippen LogP contribution in [-0.2, 0) is 38.0 Å². The van der Waals surface area contributed by atoms with Gasteiger partial charge in [0.15, 0.2) is 0 Å². The number of carbonyl (C=O) groups excluding carboxylic acids is 2. The van der Waals surface area contributed by atoms with Gasteiger partial charge in [-0.1, -0.05) is 77.5 Å². The minimum Gasteiger partial charge on any atom is -0.354 e. The summed E-state index contributed by atoms with van der Waals surface area (Å²) < 4.78 is 28.7. The smallest absolute Gasteiger partial charge is 0.244 e. The van der Waals surface area contributed by atoms with E-state index in [2.05, 4.69) is 33.4 Å². The van der Waals surface area contributed by atoms with Gasteiger partial charge in [-0.05, 0) is 109 Å². The maximum atomic E-state index is 14.4. The Labute approximate surface area is 288 Å². The Morgan fingerprint density at radius 2 is 1.51 bits per heavy atom. The molecule has 0 saturated heterocycles. The summed E-state index contributed by atoms with van der Waals surface area (Å²) in [7, 11) is -3.83. The van der Waals surface area contributed by atoms with Gasteiger partial charge in [-0.2, -0.15) is 0 Å². The maximum absolute atomic E-state index is 14.4. The second-order valence-corrected chi connectivity index (χ2v) is 17.0. The van der Waals surface area contributed by atoms with Crippen LogP contribution in [0.15, 0.2) is 83.3 Å². The SMILES string of the molecule is CCCNC(=O)[C@H](Cc1ccccc1)N(Cc1cccc(Br)c1)C(=O)CN(c1ccc(C23CC4CC(CC(C4)C2)C3)cc1)S(C)(=O)=O. The van der Waals surface area contributed by atoms with Gasteiger partial charge in [-0.15, -0.1) is 0 Å². The quantitative estimate of drug-likeness (QED) is 0.210. The molecule has 4 saturated carbocycles. The van der Waals surface area contributed by atoms with Gasteiger partial charge in [0.2, 0.25) is 21.8 Å². The van der Waals surface area contributed by atoms with Gasteiger partial charge in [0, 0.05) is 24.0 Å². The predicted octanol–water partition coefficient (Wildman–Crippen LogP) is 6.85. The molecule has 0 spiro atoms. The lowest BCUT2D eigenvalue weighted by atomic mass is 9.48. The van der Waals surface area contributed by atoms with Crippen LogP contribution in [0.3, 0.4) is 0 Å². The Hall–Kier alpha value is -3.17. The molecule has 0 aromatic heterocycles. The molecule has 4 bridgehead atoms. The monoisotopic (exact) mass is 719 g/mol. The van der Waals surface area contributed by atoms with Crippen molar-refractivity contribution >= 4 is 43.5 Å². The average molecular weight is 721 g/mol. The first-order valence-corrected chi connectivity index (χ1v) is 19.6. The molecule has 0 heterocycles. The summed E-state index contributed by atoms with van der Waals surface area (Å²) in [6.45, 7) is 2.21. The van der Waals surface area contributed by atoms with Crippen LogP contribution in [0.5, 0.6) is 0 Å². The van der Waals surface area contributed by atoms with Crippen molar-refractivity contribution in [2.75, 3.05) is 23.7 Å². The third-order valence-corrected chi connectivity index (χ3v) is 12.2. The summed E-state index contributed by atoms with van der Waals surface area (Å²) in [5, 5.41) is 2.99. The highest BCUT2D eigenvalue weighted by Gasteiger charge is 2.51. The topological polar surface area (TPSA) is 86.8 Å². The largest absolute Gasteiger partial charge is 0.354 e. The molecule has 7 nitrogen and oxygen atoms in total. The zero-order valence-corrected chi connectivity index (χ0v) is 29.8. The molecule has 47 heavy (non-hydrogen) atoms. The molecule has 1 atom stereocenters. The van der Waals surface area contributed by atoms with E-state index in [0.717, 1.165) is 46.0 Å². The van der Waals surface area contributed by atoms with Gasteiger partial charge < -0.3 is 10.2 Å². The lowest BCUT2D eigenvalue weighted by Crippen LogP contribution is -2.53. The zero-order chi connectivity index (χ0) is 33.2. The molecule has 9 heteroatoms. The van der Waals surface area contributed by atoms with Gasteiger partial charge in [0.05, 0.1) is 11.9 Å². The Balaban J connectivity index is 1.30. The number of rotatable bonds is 13. The number of halogens is 1. The number of sulfonamides is 1. The Bertz CT molecular complexity index is 1640. The Morgan fingerprint density at radius 3 is 2.09 bits per heavy atom. The Kier molecular flexibility index (Phi) is 10.1. The van der Waals surface area contributed by atoms with Crippen LogP contribution in [0.4, 0.5) is 5.69 Å². The molecule has 250 valence electrons. The summed E-state index contributed by atoms with van der Waals surface area (Å²) in [6, 6.07) is 24.3. The van der Waals surface area contributed by atoms with Gasteiger partial charge in [0.25, 0.3) is 0 Å². The summed E-state index contributed by atoms with van der Waals surface area (Å²) in [5.74, 6) is 1.72. The molecular weight excluding hydrogens is 674 g/mol. The number of amides is 2. The molecule has 3 aromatic carbocycles. The molecule has 0 aliphatic heterocycles. The number of carbonyl (C=O) groups is 2. The lowest BCUT2D eigenvalue weighted by Gasteiger charge is -2.57. The maximum Gasteiger partial charge on any atom is 0.244 e. The van der Waals surface area contributed by atoms with E-state index in [9.17, 15) is 18.0 Å². The van der Waals surface area contributed by atoms with Gasteiger partial charge in [0.1, 0.15) is 12.6 Å². The van der Waals surface area contributed by atoms with E-state index in [4.69, 9.17) is 0 Å². The molecule has 2 amide bonds. The van der Waals surface area contributed by atoms with Crippen LogP contribution in [-0.4, -0.2) is 50.5 Å². The number of hydrogen-bond acceptors (Lipinski definition) is 4. The molecule has 4 aliphatic rings. The summed E-state index contributed by atoms with van der Waals surface area (Å²) in [4.78, 5) is 29.7. The van der Waals surface area contributed by atoms with Crippen molar-refractivity contribution in [2.24, 2.45) is 17.8 Å². The Morgan fingerprint density at radius 1 is 0.894 bits per heavy atom. The minimum absolute atomic E-state index is 0.151. The van der Waals surface area contributed by atoms with E-state index >= 15 is 0 Å². The second-order valence-electron chi connectivity index (χ2n) is 14.2. The second kappa shape index (κ2) is 14.1. The van der Waals surface area contributed by atoms with Crippen LogP contribution in [0, 0.1) is 17.8 Å².